The molecule has 0 radical (unpaired) electrons. The molecular formula is C12H26N2O2. The van der Waals surface area contributed by atoms with E-state index in [1.807, 2.05) is 6.92 Å². The van der Waals surface area contributed by atoms with Crippen LogP contribution in [0.5, 0.6) is 0 Å². The summed E-state index contributed by atoms with van der Waals surface area (Å²) >= 11 is 0. The second-order valence-electron chi connectivity index (χ2n) is 4.72. The third kappa shape index (κ3) is 5.80. The number of hydrogen-bond acceptors (Lipinski definition) is 4. The van der Waals surface area contributed by atoms with Gasteiger partial charge in [-0.3, -0.25) is 0 Å². The van der Waals surface area contributed by atoms with E-state index in [1.165, 1.54) is 12.8 Å². The topological polar surface area (TPSA) is 55.7 Å². The van der Waals surface area contributed by atoms with E-state index in [9.17, 15) is 10.2 Å². The zero-order chi connectivity index (χ0) is 11.8. The van der Waals surface area contributed by atoms with Crippen LogP contribution in [0.25, 0.3) is 0 Å². The van der Waals surface area contributed by atoms with Crippen LogP contribution in [0, 0.1) is 0 Å². The SMILES string of the molecule is CCC(O)CCNCC(O)CN1CCCC1. The number of hydrogen-bond donors (Lipinski definition) is 3. The van der Waals surface area contributed by atoms with Gasteiger partial charge in [-0.15, -0.1) is 0 Å². The number of aliphatic hydroxyl groups is 2. The highest BCUT2D eigenvalue weighted by Gasteiger charge is 2.15. The molecule has 0 aromatic carbocycles. The number of nitrogens with zero attached hydrogens (tertiary/aromatic N) is 1. The first-order valence-corrected chi connectivity index (χ1v) is 6.51. The maximum atomic E-state index is 9.77. The van der Waals surface area contributed by atoms with Crippen molar-refractivity contribution in [3.63, 3.8) is 0 Å². The Bertz CT molecular complexity index is 172. The summed E-state index contributed by atoms with van der Waals surface area (Å²) in [6.45, 7) is 6.44. The standard InChI is InChI=1S/C12H26N2O2/c1-2-11(15)5-6-13-9-12(16)10-14-7-3-4-8-14/h11-13,15-16H,2-10H2,1H3. The molecule has 0 amide bonds. The van der Waals surface area contributed by atoms with E-state index < -0.39 is 0 Å². The third-order valence-electron chi connectivity index (χ3n) is 3.17. The third-order valence-corrected chi connectivity index (χ3v) is 3.17. The largest absolute Gasteiger partial charge is 0.393 e. The molecule has 0 aliphatic carbocycles. The van der Waals surface area contributed by atoms with Crippen LogP contribution in [0.1, 0.15) is 32.6 Å². The first kappa shape index (κ1) is 13.9. The predicted molar refractivity (Wildman–Crippen MR) is 65.5 cm³/mol. The van der Waals surface area contributed by atoms with Crippen LogP contribution in [0.3, 0.4) is 0 Å². The number of aliphatic hydroxyl groups excluding tert-OH is 2. The zero-order valence-corrected chi connectivity index (χ0v) is 10.4. The van der Waals surface area contributed by atoms with Crippen LogP contribution >= 0.6 is 0 Å². The summed E-state index contributed by atoms with van der Waals surface area (Å²) < 4.78 is 0. The highest BCUT2D eigenvalue weighted by Crippen LogP contribution is 2.07. The molecule has 96 valence electrons. The minimum Gasteiger partial charge on any atom is -0.393 e. The number of likely N-dealkylation sites (tertiary alicyclic amines) is 1. The van der Waals surface area contributed by atoms with E-state index in [2.05, 4.69) is 10.2 Å². The van der Waals surface area contributed by atoms with Crippen molar-refractivity contribution >= 4 is 0 Å². The molecule has 1 aliphatic heterocycles. The second kappa shape index (κ2) is 8.01. The monoisotopic (exact) mass is 230 g/mol. The lowest BCUT2D eigenvalue weighted by molar-refractivity contribution is 0.119. The van der Waals surface area contributed by atoms with Gasteiger partial charge in [0.1, 0.15) is 0 Å². The summed E-state index contributed by atoms with van der Waals surface area (Å²) in [6.07, 6.45) is 3.62. The van der Waals surface area contributed by atoms with Gasteiger partial charge in [0.25, 0.3) is 0 Å². The lowest BCUT2D eigenvalue weighted by Crippen LogP contribution is -2.37. The molecule has 1 saturated heterocycles. The molecule has 1 heterocycles. The molecule has 16 heavy (non-hydrogen) atoms. The van der Waals surface area contributed by atoms with Crippen molar-refractivity contribution in [2.24, 2.45) is 0 Å². The summed E-state index contributed by atoms with van der Waals surface area (Å²) in [6, 6.07) is 0. The summed E-state index contributed by atoms with van der Waals surface area (Å²) in [4.78, 5) is 2.31. The quantitative estimate of drug-likeness (QED) is 0.521. The molecule has 1 aliphatic rings. The fourth-order valence-corrected chi connectivity index (χ4v) is 2.07. The van der Waals surface area contributed by atoms with Crippen molar-refractivity contribution in [1.29, 1.82) is 0 Å². The molecule has 4 heteroatoms. The molecule has 4 nitrogen and oxygen atoms in total. The molecule has 0 aromatic rings. The van der Waals surface area contributed by atoms with Crippen LogP contribution < -0.4 is 5.32 Å². The van der Waals surface area contributed by atoms with Crippen LogP contribution in [0.2, 0.25) is 0 Å². The van der Waals surface area contributed by atoms with Gasteiger partial charge in [-0.05, 0) is 45.3 Å². The van der Waals surface area contributed by atoms with Gasteiger partial charge >= 0.3 is 0 Å². The smallest absolute Gasteiger partial charge is 0.0791 e. The van der Waals surface area contributed by atoms with E-state index in [4.69, 9.17) is 0 Å². The fourth-order valence-electron chi connectivity index (χ4n) is 2.07. The number of nitrogens with one attached hydrogen (secondary N) is 1. The maximum Gasteiger partial charge on any atom is 0.0791 e. The lowest BCUT2D eigenvalue weighted by atomic mass is 10.2. The summed E-state index contributed by atoms with van der Waals surface area (Å²) in [7, 11) is 0. The number of rotatable bonds is 8. The van der Waals surface area contributed by atoms with Crippen molar-refractivity contribution in [2.75, 3.05) is 32.7 Å². The van der Waals surface area contributed by atoms with Crippen molar-refractivity contribution in [3.8, 4) is 0 Å². The minimum atomic E-state index is -0.281. The molecule has 0 bridgehead atoms. The second-order valence-corrected chi connectivity index (χ2v) is 4.72. The van der Waals surface area contributed by atoms with E-state index in [1.54, 1.807) is 0 Å². The Kier molecular flexibility index (Phi) is 6.96. The van der Waals surface area contributed by atoms with Crippen molar-refractivity contribution in [3.05, 3.63) is 0 Å². The first-order valence-electron chi connectivity index (χ1n) is 6.51. The van der Waals surface area contributed by atoms with Gasteiger partial charge in [-0.25, -0.2) is 0 Å². The molecule has 0 saturated carbocycles. The normalized spacial score (nSPS) is 21.2. The Morgan fingerprint density at radius 2 is 1.88 bits per heavy atom. The Morgan fingerprint density at radius 1 is 1.19 bits per heavy atom. The van der Waals surface area contributed by atoms with Gasteiger partial charge in [0.2, 0.25) is 0 Å². The summed E-state index contributed by atoms with van der Waals surface area (Å²) in [5.74, 6) is 0. The molecule has 0 aromatic heterocycles. The zero-order valence-electron chi connectivity index (χ0n) is 10.4. The van der Waals surface area contributed by atoms with E-state index >= 15 is 0 Å². The highest BCUT2D eigenvalue weighted by molar-refractivity contribution is 4.71. The minimum absolute atomic E-state index is 0.205. The molecular weight excluding hydrogens is 204 g/mol. The summed E-state index contributed by atoms with van der Waals surface area (Å²) in [5.41, 5.74) is 0. The maximum absolute atomic E-state index is 9.77. The Labute approximate surface area is 98.6 Å². The molecule has 1 fully saturated rings. The van der Waals surface area contributed by atoms with Gasteiger partial charge in [-0.2, -0.15) is 0 Å². The molecule has 0 spiro atoms. The van der Waals surface area contributed by atoms with Crippen LogP contribution in [0.15, 0.2) is 0 Å². The molecule has 2 atom stereocenters. The van der Waals surface area contributed by atoms with Crippen LogP contribution in [-0.2, 0) is 0 Å². The Hall–Kier alpha value is -0.160. The summed E-state index contributed by atoms with van der Waals surface area (Å²) in [5, 5.41) is 22.3. The number of β-amino-alcohol motifs (C(OH)–C–C–N with tert-alkyl or cyclic N) is 1. The molecule has 3 N–H and O–H groups in total. The van der Waals surface area contributed by atoms with Crippen molar-refractivity contribution < 1.29 is 10.2 Å². The lowest BCUT2D eigenvalue weighted by Gasteiger charge is -2.19. The Balaban J connectivity index is 1.95. The van der Waals surface area contributed by atoms with Gasteiger partial charge in [0.05, 0.1) is 12.2 Å². The van der Waals surface area contributed by atoms with Gasteiger partial charge in [0.15, 0.2) is 0 Å². The van der Waals surface area contributed by atoms with Crippen LogP contribution in [0.4, 0.5) is 0 Å². The Morgan fingerprint density at radius 3 is 2.50 bits per heavy atom. The van der Waals surface area contributed by atoms with Crippen LogP contribution in [-0.4, -0.2) is 60.0 Å². The first-order chi connectivity index (χ1) is 7.72. The van der Waals surface area contributed by atoms with Crippen molar-refractivity contribution in [1.82, 2.24) is 10.2 Å². The van der Waals surface area contributed by atoms with Gasteiger partial charge in [0, 0.05) is 13.1 Å². The molecule has 1 rings (SSSR count). The highest BCUT2D eigenvalue weighted by atomic mass is 16.3. The molecule has 2 unspecified atom stereocenters. The van der Waals surface area contributed by atoms with Gasteiger partial charge < -0.3 is 20.4 Å². The van der Waals surface area contributed by atoms with Crippen molar-refractivity contribution in [2.45, 2.75) is 44.8 Å². The average Bonchev–Trinajstić information content (AvgIpc) is 2.76. The van der Waals surface area contributed by atoms with E-state index in [0.29, 0.717) is 6.54 Å². The average molecular weight is 230 g/mol. The predicted octanol–water partition coefficient (Wildman–Crippen LogP) is 0.194. The fraction of sp³-hybridized carbons (Fsp3) is 1.00. The van der Waals surface area contributed by atoms with E-state index in [-0.39, 0.29) is 12.2 Å². The van der Waals surface area contributed by atoms with E-state index in [0.717, 1.165) is 39.0 Å². The van der Waals surface area contributed by atoms with Gasteiger partial charge in [-0.1, -0.05) is 6.92 Å².